The van der Waals surface area contributed by atoms with Gasteiger partial charge in [-0.05, 0) is 60.2 Å². The summed E-state index contributed by atoms with van der Waals surface area (Å²) in [4.78, 5) is 27.0. The minimum atomic E-state index is -4.86. The van der Waals surface area contributed by atoms with Crippen LogP contribution in [0.25, 0.3) is 10.9 Å². The van der Waals surface area contributed by atoms with Crippen LogP contribution in [0.5, 0.6) is 5.75 Å². The topological polar surface area (TPSA) is 138 Å². The monoisotopic (exact) mass is 547 g/mol. The molecule has 9 nitrogen and oxygen atoms in total. The summed E-state index contributed by atoms with van der Waals surface area (Å²) < 4.78 is 68.5. The number of para-hydroxylation sites is 1. The first-order valence-electron chi connectivity index (χ1n) is 11.0. The van der Waals surface area contributed by atoms with Gasteiger partial charge in [-0.2, -0.15) is 4.72 Å². The Morgan fingerprint density at radius 3 is 2.26 bits per heavy atom. The molecule has 0 fully saturated rings. The van der Waals surface area contributed by atoms with E-state index in [0.717, 1.165) is 35.2 Å². The first kappa shape index (κ1) is 26.7. The summed E-state index contributed by atoms with van der Waals surface area (Å²) in [6.07, 6.45) is -3.33. The van der Waals surface area contributed by atoms with E-state index in [-0.39, 0.29) is 22.6 Å². The van der Waals surface area contributed by atoms with Crippen LogP contribution in [0.4, 0.5) is 18.9 Å². The number of hydrogen-bond donors (Lipinski definition) is 4. The summed E-state index contributed by atoms with van der Waals surface area (Å²) in [6.45, 7) is 0. The highest BCUT2D eigenvalue weighted by molar-refractivity contribution is 7.89. The van der Waals surface area contributed by atoms with E-state index in [1.165, 1.54) is 24.3 Å². The van der Waals surface area contributed by atoms with Crippen LogP contribution in [0.1, 0.15) is 15.9 Å². The number of carboxylic acid groups (broad SMARTS) is 1. The van der Waals surface area contributed by atoms with Crippen LogP contribution in [0, 0.1) is 0 Å². The van der Waals surface area contributed by atoms with Gasteiger partial charge in [-0.1, -0.05) is 18.2 Å². The molecule has 1 amide bonds. The zero-order chi connectivity index (χ0) is 27.5. The van der Waals surface area contributed by atoms with Gasteiger partial charge in [0.25, 0.3) is 5.91 Å². The largest absolute Gasteiger partial charge is 0.573 e. The molecule has 13 heteroatoms. The third-order valence-electron chi connectivity index (χ3n) is 5.47. The highest BCUT2D eigenvalue weighted by Gasteiger charge is 2.31. The van der Waals surface area contributed by atoms with Crippen LogP contribution in [-0.2, 0) is 21.2 Å². The zero-order valence-electron chi connectivity index (χ0n) is 19.3. The van der Waals surface area contributed by atoms with Gasteiger partial charge in [0.2, 0.25) is 10.0 Å². The van der Waals surface area contributed by atoms with Gasteiger partial charge in [0.15, 0.2) is 0 Å². The summed E-state index contributed by atoms with van der Waals surface area (Å²) >= 11 is 0. The number of carboxylic acids is 1. The van der Waals surface area contributed by atoms with Gasteiger partial charge in [-0.15, -0.1) is 13.2 Å². The van der Waals surface area contributed by atoms with Crippen molar-refractivity contribution in [3.8, 4) is 5.75 Å². The SMILES string of the molecule is O=C(Nc1ccc(S(=O)(=O)N[C@H](Cc2c[nH]c3ccccc23)C(=O)O)cc1)c1ccc(OC(F)(F)F)cc1. The molecule has 1 atom stereocenters. The molecule has 0 radical (unpaired) electrons. The van der Waals surface area contributed by atoms with Gasteiger partial charge in [0.1, 0.15) is 11.8 Å². The van der Waals surface area contributed by atoms with Crippen LogP contribution >= 0.6 is 0 Å². The molecule has 38 heavy (non-hydrogen) atoms. The number of hydrogen-bond acceptors (Lipinski definition) is 5. The Morgan fingerprint density at radius 2 is 1.63 bits per heavy atom. The molecule has 0 saturated carbocycles. The highest BCUT2D eigenvalue weighted by atomic mass is 32.2. The van der Waals surface area contributed by atoms with Gasteiger partial charge in [0, 0.05) is 34.8 Å². The van der Waals surface area contributed by atoms with E-state index in [2.05, 4.69) is 19.8 Å². The molecule has 0 spiro atoms. The van der Waals surface area contributed by atoms with Crippen molar-refractivity contribution in [2.45, 2.75) is 23.7 Å². The Morgan fingerprint density at radius 1 is 0.974 bits per heavy atom. The zero-order valence-corrected chi connectivity index (χ0v) is 20.1. The lowest BCUT2D eigenvalue weighted by molar-refractivity contribution is -0.274. The normalized spacial score (nSPS) is 12.7. The van der Waals surface area contributed by atoms with E-state index in [0.29, 0.717) is 5.56 Å². The second-order valence-electron chi connectivity index (χ2n) is 8.13. The van der Waals surface area contributed by atoms with Crippen LogP contribution in [-0.4, -0.2) is 42.8 Å². The summed E-state index contributed by atoms with van der Waals surface area (Å²) in [5.74, 6) is -2.49. The van der Waals surface area contributed by atoms with Crippen molar-refractivity contribution in [3.63, 3.8) is 0 Å². The van der Waals surface area contributed by atoms with Crippen LogP contribution in [0.3, 0.4) is 0 Å². The summed E-state index contributed by atoms with van der Waals surface area (Å²) in [5.41, 5.74) is 1.67. The predicted molar refractivity (Wildman–Crippen MR) is 131 cm³/mol. The van der Waals surface area contributed by atoms with Gasteiger partial charge in [-0.3, -0.25) is 9.59 Å². The number of carbonyl (C=O) groups is 2. The lowest BCUT2D eigenvalue weighted by Crippen LogP contribution is -2.42. The van der Waals surface area contributed by atoms with E-state index >= 15 is 0 Å². The number of rotatable bonds is 9. The number of aromatic amines is 1. The molecule has 3 aromatic carbocycles. The second-order valence-corrected chi connectivity index (χ2v) is 9.84. The number of benzene rings is 3. The number of ether oxygens (including phenoxy) is 1. The van der Waals surface area contributed by atoms with Crippen molar-refractivity contribution in [1.82, 2.24) is 9.71 Å². The molecule has 1 aromatic heterocycles. The maximum Gasteiger partial charge on any atom is 0.573 e. The first-order chi connectivity index (χ1) is 17.9. The Bertz CT molecular complexity index is 1570. The number of fused-ring (bicyclic) bond motifs is 1. The van der Waals surface area contributed by atoms with E-state index < -0.39 is 40.1 Å². The molecule has 0 aliphatic carbocycles. The minimum absolute atomic E-state index is 0.0412. The molecule has 0 bridgehead atoms. The molecule has 1 heterocycles. The summed E-state index contributed by atoms with van der Waals surface area (Å²) in [7, 11) is -4.24. The Balaban J connectivity index is 1.42. The van der Waals surface area contributed by atoms with Crippen LogP contribution < -0.4 is 14.8 Å². The Kier molecular flexibility index (Phi) is 7.41. The molecule has 4 aromatic rings. The molecule has 0 unspecified atom stereocenters. The average molecular weight is 548 g/mol. The fraction of sp³-hybridized carbons (Fsp3) is 0.120. The third-order valence-corrected chi connectivity index (χ3v) is 6.95. The van der Waals surface area contributed by atoms with Gasteiger partial charge in [0.05, 0.1) is 4.90 Å². The van der Waals surface area contributed by atoms with Crippen molar-refractivity contribution in [3.05, 3.63) is 90.1 Å². The number of amides is 1. The molecule has 0 aliphatic rings. The molecular weight excluding hydrogens is 527 g/mol. The standard InChI is InChI=1S/C25H20F3N3O6S/c26-25(27,28)37-18-9-5-15(6-10-18)23(32)30-17-7-11-19(12-8-17)38(35,36)31-22(24(33)34)13-16-14-29-21-4-2-1-3-20(16)21/h1-12,14,22,29,31H,13H2,(H,30,32)(H,33,34)/t22-/m1/s1. The quantitative estimate of drug-likeness (QED) is 0.247. The first-order valence-corrected chi connectivity index (χ1v) is 12.5. The van der Waals surface area contributed by atoms with E-state index in [4.69, 9.17) is 0 Å². The molecule has 4 rings (SSSR count). The number of nitrogens with one attached hydrogen (secondary N) is 3. The number of H-pyrrole nitrogens is 1. The fourth-order valence-electron chi connectivity index (χ4n) is 3.68. The molecule has 0 aliphatic heterocycles. The minimum Gasteiger partial charge on any atom is -0.480 e. The van der Waals surface area contributed by atoms with E-state index in [9.17, 15) is 36.3 Å². The van der Waals surface area contributed by atoms with Gasteiger partial charge < -0.3 is 20.1 Å². The molecule has 4 N–H and O–H groups in total. The average Bonchev–Trinajstić information content (AvgIpc) is 3.26. The van der Waals surface area contributed by atoms with E-state index in [1.807, 2.05) is 12.1 Å². The lowest BCUT2D eigenvalue weighted by Gasteiger charge is -2.15. The Hall–Kier alpha value is -4.36. The number of halogens is 3. The number of sulfonamides is 1. The molecule has 0 saturated heterocycles. The van der Waals surface area contributed by atoms with Crippen molar-refractivity contribution < 1.29 is 41.0 Å². The molecule has 198 valence electrons. The van der Waals surface area contributed by atoms with Crippen molar-refractivity contribution >= 4 is 38.5 Å². The smallest absolute Gasteiger partial charge is 0.480 e. The Labute approximate surface area is 214 Å². The van der Waals surface area contributed by atoms with Crippen LogP contribution in [0.15, 0.2) is 83.9 Å². The lowest BCUT2D eigenvalue weighted by atomic mass is 10.1. The fourth-order valence-corrected chi connectivity index (χ4v) is 4.87. The highest BCUT2D eigenvalue weighted by Crippen LogP contribution is 2.24. The third kappa shape index (κ3) is 6.49. The van der Waals surface area contributed by atoms with Gasteiger partial charge >= 0.3 is 12.3 Å². The molecular formula is C25H20F3N3O6S. The number of aliphatic carboxylic acids is 1. The number of aromatic nitrogens is 1. The number of carbonyl (C=O) groups excluding carboxylic acids is 1. The van der Waals surface area contributed by atoms with Crippen LogP contribution in [0.2, 0.25) is 0 Å². The van der Waals surface area contributed by atoms with Gasteiger partial charge in [-0.25, -0.2) is 8.42 Å². The second kappa shape index (κ2) is 10.6. The van der Waals surface area contributed by atoms with Crippen molar-refractivity contribution in [1.29, 1.82) is 0 Å². The predicted octanol–water partition coefficient (Wildman–Crippen LogP) is 4.29. The summed E-state index contributed by atoms with van der Waals surface area (Å²) in [6, 6.07) is 15.0. The number of alkyl halides is 3. The van der Waals surface area contributed by atoms with Crippen molar-refractivity contribution in [2.24, 2.45) is 0 Å². The maximum atomic E-state index is 12.9. The maximum absolute atomic E-state index is 12.9. The van der Waals surface area contributed by atoms with E-state index in [1.54, 1.807) is 18.3 Å². The van der Waals surface area contributed by atoms with Crippen molar-refractivity contribution in [2.75, 3.05) is 5.32 Å². The summed E-state index contributed by atoms with van der Waals surface area (Å²) in [5, 5.41) is 12.9. The number of anilines is 1.